The average Bonchev–Trinajstić information content (AvgIpc) is 3.00. The van der Waals surface area contributed by atoms with E-state index in [1.807, 2.05) is 19.4 Å². The van der Waals surface area contributed by atoms with E-state index < -0.39 is 10.0 Å². The summed E-state index contributed by atoms with van der Waals surface area (Å²) in [5.74, 6) is 0.707. The molecule has 1 aromatic heterocycles. The minimum absolute atomic E-state index is 0.475. The van der Waals surface area contributed by atoms with Gasteiger partial charge in [-0.3, -0.25) is 0 Å². The lowest BCUT2D eigenvalue weighted by Crippen LogP contribution is -2.27. The van der Waals surface area contributed by atoms with Crippen molar-refractivity contribution in [1.29, 1.82) is 0 Å². The van der Waals surface area contributed by atoms with Crippen LogP contribution in [0.1, 0.15) is 42.5 Å². The summed E-state index contributed by atoms with van der Waals surface area (Å²) < 4.78 is 27.7. The van der Waals surface area contributed by atoms with E-state index in [1.54, 1.807) is 0 Å². The first-order chi connectivity index (χ1) is 9.54. The lowest BCUT2D eigenvalue weighted by Gasteiger charge is -2.11. The van der Waals surface area contributed by atoms with E-state index in [2.05, 4.69) is 10.0 Å². The van der Waals surface area contributed by atoms with Gasteiger partial charge in [0, 0.05) is 18.0 Å². The molecule has 20 heavy (non-hydrogen) atoms. The Balaban J connectivity index is 2.00. The van der Waals surface area contributed by atoms with Gasteiger partial charge in [0.15, 0.2) is 0 Å². The lowest BCUT2D eigenvalue weighted by atomic mass is 10.1. The van der Waals surface area contributed by atoms with Crippen molar-refractivity contribution in [1.82, 2.24) is 10.0 Å². The van der Waals surface area contributed by atoms with Gasteiger partial charge in [0.25, 0.3) is 0 Å². The monoisotopic (exact) mass is 316 g/mol. The summed E-state index contributed by atoms with van der Waals surface area (Å²) >= 11 is 1.50. The Labute approximate surface area is 126 Å². The van der Waals surface area contributed by atoms with Crippen LogP contribution in [0.15, 0.2) is 10.3 Å². The van der Waals surface area contributed by atoms with Crippen molar-refractivity contribution in [2.75, 3.05) is 13.6 Å². The smallest absolute Gasteiger partial charge is 0.241 e. The van der Waals surface area contributed by atoms with Crippen LogP contribution < -0.4 is 10.0 Å². The molecule has 0 saturated heterocycles. The van der Waals surface area contributed by atoms with Crippen LogP contribution in [0.3, 0.4) is 0 Å². The second-order valence-electron chi connectivity index (χ2n) is 5.54. The zero-order valence-corrected chi connectivity index (χ0v) is 13.9. The van der Waals surface area contributed by atoms with E-state index in [0.717, 1.165) is 16.9 Å². The van der Waals surface area contributed by atoms with Crippen molar-refractivity contribution in [3.63, 3.8) is 0 Å². The summed E-state index contributed by atoms with van der Waals surface area (Å²) in [5.41, 5.74) is 0.841. The normalized spacial score (nSPS) is 16.9. The highest BCUT2D eigenvalue weighted by Gasteiger charge is 2.23. The first-order valence-electron chi connectivity index (χ1n) is 7.26. The van der Waals surface area contributed by atoms with Crippen LogP contribution in [0.4, 0.5) is 0 Å². The molecule has 0 aromatic carbocycles. The fourth-order valence-electron chi connectivity index (χ4n) is 2.90. The molecule has 0 unspecified atom stereocenters. The van der Waals surface area contributed by atoms with Crippen LogP contribution in [-0.4, -0.2) is 22.0 Å². The highest BCUT2D eigenvalue weighted by Crippen LogP contribution is 2.28. The maximum atomic E-state index is 12.5. The molecule has 1 heterocycles. The molecule has 0 amide bonds. The average molecular weight is 316 g/mol. The van der Waals surface area contributed by atoms with Gasteiger partial charge in [0.2, 0.25) is 10.0 Å². The zero-order valence-electron chi connectivity index (χ0n) is 12.2. The number of sulfonamides is 1. The maximum Gasteiger partial charge on any atom is 0.241 e. The number of rotatable bonds is 7. The molecule has 0 radical (unpaired) electrons. The van der Waals surface area contributed by atoms with E-state index in [9.17, 15) is 8.42 Å². The van der Waals surface area contributed by atoms with Crippen LogP contribution >= 0.6 is 11.3 Å². The summed E-state index contributed by atoms with van der Waals surface area (Å²) in [6.07, 6.45) is 6.07. The lowest BCUT2D eigenvalue weighted by molar-refractivity contribution is 0.495. The summed E-state index contributed by atoms with van der Waals surface area (Å²) in [6.45, 7) is 3.01. The van der Waals surface area contributed by atoms with Gasteiger partial charge in [-0.05, 0) is 37.3 Å². The van der Waals surface area contributed by atoms with Gasteiger partial charge < -0.3 is 5.32 Å². The van der Waals surface area contributed by atoms with Gasteiger partial charge >= 0.3 is 0 Å². The minimum Gasteiger partial charge on any atom is -0.315 e. The van der Waals surface area contributed by atoms with Crippen LogP contribution in [-0.2, 0) is 16.6 Å². The van der Waals surface area contributed by atoms with Crippen molar-refractivity contribution in [3.8, 4) is 0 Å². The largest absolute Gasteiger partial charge is 0.315 e. The second kappa shape index (κ2) is 7.02. The molecule has 1 fully saturated rings. The highest BCUT2D eigenvalue weighted by atomic mass is 32.2. The standard InChI is InChI=1S/C14H24N2O2S2/c1-11-10-19-13(9-15-2)14(11)20(17,18)16-8-7-12-5-3-4-6-12/h10,12,15-16H,3-9H2,1-2H3. The Bertz CT molecular complexity index is 531. The quantitative estimate of drug-likeness (QED) is 0.813. The second-order valence-corrected chi connectivity index (χ2v) is 8.21. The SMILES string of the molecule is CNCc1scc(C)c1S(=O)(=O)NCCC1CCCC1. The molecule has 1 aliphatic carbocycles. The third kappa shape index (κ3) is 3.81. The van der Waals surface area contributed by atoms with Gasteiger partial charge in [-0.1, -0.05) is 25.7 Å². The first kappa shape index (κ1) is 15.9. The molecule has 6 heteroatoms. The number of hydrogen-bond acceptors (Lipinski definition) is 4. The summed E-state index contributed by atoms with van der Waals surface area (Å²) in [7, 11) is -1.54. The van der Waals surface area contributed by atoms with Gasteiger partial charge in [0.05, 0.1) is 0 Å². The molecule has 0 spiro atoms. The number of thiophene rings is 1. The van der Waals surface area contributed by atoms with Crippen LogP contribution in [0.2, 0.25) is 0 Å². The third-order valence-electron chi connectivity index (χ3n) is 3.91. The molecule has 114 valence electrons. The summed E-state index contributed by atoms with van der Waals surface area (Å²) in [5, 5.41) is 4.94. The summed E-state index contributed by atoms with van der Waals surface area (Å²) in [6, 6.07) is 0. The van der Waals surface area contributed by atoms with E-state index in [-0.39, 0.29) is 0 Å². The molecule has 1 aliphatic rings. The van der Waals surface area contributed by atoms with Crippen LogP contribution in [0.5, 0.6) is 0 Å². The van der Waals surface area contributed by atoms with Crippen molar-refractivity contribution < 1.29 is 8.42 Å². The fourth-order valence-corrected chi connectivity index (χ4v) is 5.77. The Morgan fingerprint density at radius 1 is 1.35 bits per heavy atom. The summed E-state index contributed by atoms with van der Waals surface area (Å²) in [4.78, 5) is 1.36. The molecule has 0 atom stereocenters. The molecule has 0 bridgehead atoms. The number of nitrogens with one attached hydrogen (secondary N) is 2. The molecule has 2 rings (SSSR count). The third-order valence-corrected chi connectivity index (χ3v) is 6.84. The predicted molar refractivity (Wildman–Crippen MR) is 83.6 cm³/mol. The Hall–Kier alpha value is -0.430. The van der Waals surface area contributed by atoms with Crippen LogP contribution in [0.25, 0.3) is 0 Å². The Kier molecular flexibility index (Phi) is 5.60. The molecular weight excluding hydrogens is 292 g/mol. The molecule has 1 aromatic rings. The van der Waals surface area contributed by atoms with Gasteiger partial charge in [-0.25, -0.2) is 13.1 Å². The molecule has 0 aliphatic heterocycles. The van der Waals surface area contributed by atoms with E-state index in [4.69, 9.17) is 0 Å². The molecule has 1 saturated carbocycles. The topological polar surface area (TPSA) is 58.2 Å². The number of aryl methyl sites for hydroxylation is 1. The molecular formula is C14H24N2O2S2. The number of hydrogen-bond donors (Lipinski definition) is 2. The van der Waals surface area contributed by atoms with Crippen molar-refractivity contribution >= 4 is 21.4 Å². The zero-order chi connectivity index (χ0) is 14.6. The van der Waals surface area contributed by atoms with Crippen molar-refractivity contribution in [3.05, 3.63) is 15.8 Å². The predicted octanol–water partition coefficient (Wildman–Crippen LogP) is 2.63. The Morgan fingerprint density at radius 3 is 2.70 bits per heavy atom. The Morgan fingerprint density at radius 2 is 2.05 bits per heavy atom. The first-order valence-corrected chi connectivity index (χ1v) is 9.62. The van der Waals surface area contributed by atoms with Crippen molar-refractivity contribution in [2.24, 2.45) is 5.92 Å². The minimum atomic E-state index is -3.37. The van der Waals surface area contributed by atoms with E-state index in [0.29, 0.717) is 23.9 Å². The molecule has 4 nitrogen and oxygen atoms in total. The van der Waals surface area contributed by atoms with Crippen LogP contribution in [0, 0.1) is 12.8 Å². The van der Waals surface area contributed by atoms with Crippen molar-refractivity contribution in [2.45, 2.75) is 50.5 Å². The van der Waals surface area contributed by atoms with E-state index >= 15 is 0 Å². The fraction of sp³-hybridized carbons (Fsp3) is 0.714. The highest BCUT2D eigenvalue weighted by molar-refractivity contribution is 7.89. The van der Waals surface area contributed by atoms with E-state index in [1.165, 1.54) is 37.0 Å². The van der Waals surface area contributed by atoms with Gasteiger partial charge in [0.1, 0.15) is 4.90 Å². The maximum absolute atomic E-state index is 12.5. The molecule has 2 N–H and O–H groups in total. The van der Waals surface area contributed by atoms with Gasteiger partial charge in [-0.15, -0.1) is 11.3 Å². The van der Waals surface area contributed by atoms with Gasteiger partial charge in [-0.2, -0.15) is 0 Å².